The van der Waals surface area contributed by atoms with E-state index in [9.17, 15) is 17.6 Å². The predicted octanol–water partition coefficient (Wildman–Crippen LogP) is 3.84. The van der Waals surface area contributed by atoms with Gasteiger partial charge in [-0.05, 0) is 25.7 Å². The molecule has 170 valence electrons. The summed E-state index contributed by atoms with van der Waals surface area (Å²) in [6.07, 6.45) is 1.04. The molecule has 1 aliphatic heterocycles. The molecule has 1 aliphatic carbocycles. The minimum atomic E-state index is -5.08. The summed E-state index contributed by atoms with van der Waals surface area (Å²) in [4.78, 5) is 23.8. The predicted molar refractivity (Wildman–Crippen MR) is 104 cm³/mol. The molecule has 7 nitrogen and oxygen atoms in total. The van der Waals surface area contributed by atoms with Crippen LogP contribution in [-0.2, 0) is 16.1 Å². The fraction of sp³-hybridized carbons (Fsp3) is 0.579. The van der Waals surface area contributed by atoms with E-state index < -0.39 is 18.0 Å². The molecule has 2 aliphatic rings. The molecule has 2 aromatic rings. The summed E-state index contributed by atoms with van der Waals surface area (Å²) in [5.41, 5.74) is 1.18. The van der Waals surface area contributed by atoms with Crippen molar-refractivity contribution in [1.29, 1.82) is 0 Å². The number of fused-ring (bicyclic) bond motifs is 1. The van der Waals surface area contributed by atoms with E-state index in [1.165, 1.54) is 31.7 Å². The third-order valence-corrected chi connectivity index (χ3v) is 6.30. The van der Waals surface area contributed by atoms with Crippen LogP contribution >= 0.6 is 11.3 Å². The van der Waals surface area contributed by atoms with E-state index >= 15 is 0 Å². The molecule has 0 unspecified atom stereocenters. The SMILES string of the molecule is Cc1nc(COC[C@@]23CCC[C@@H]2CN(c2ncc(F)cn2)C3)cs1.O=C(O)C(F)(F)F. The van der Waals surface area contributed by atoms with Gasteiger partial charge in [-0.15, -0.1) is 11.3 Å². The number of alkyl halides is 3. The summed E-state index contributed by atoms with van der Waals surface area (Å²) >= 11 is 1.66. The van der Waals surface area contributed by atoms with E-state index in [0.29, 0.717) is 18.5 Å². The van der Waals surface area contributed by atoms with Crippen LogP contribution < -0.4 is 4.90 Å². The second kappa shape index (κ2) is 9.43. The summed E-state index contributed by atoms with van der Waals surface area (Å²) in [6.45, 7) is 5.15. The largest absolute Gasteiger partial charge is 0.490 e. The molecule has 31 heavy (non-hydrogen) atoms. The van der Waals surface area contributed by atoms with Gasteiger partial charge in [-0.25, -0.2) is 24.1 Å². The van der Waals surface area contributed by atoms with Crippen LogP contribution in [0.25, 0.3) is 0 Å². The normalized spacial score (nSPS) is 22.7. The number of rotatable bonds is 5. The van der Waals surface area contributed by atoms with E-state index in [1.807, 2.05) is 6.92 Å². The molecule has 1 N–H and O–H groups in total. The Hall–Kier alpha value is -2.34. The van der Waals surface area contributed by atoms with Crippen LogP contribution in [0.5, 0.6) is 0 Å². The number of hydrogen-bond donors (Lipinski definition) is 1. The molecule has 4 rings (SSSR count). The van der Waals surface area contributed by atoms with Gasteiger partial charge in [-0.3, -0.25) is 0 Å². The average Bonchev–Trinajstić information content (AvgIpc) is 3.36. The summed E-state index contributed by atoms with van der Waals surface area (Å²) in [7, 11) is 0. The van der Waals surface area contributed by atoms with E-state index in [1.54, 1.807) is 11.3 Å². The van der Waals surface area contributed by atoms with Crippen molar-refractivity contribution in [2.75, 3.05) is 24.6 Å². The van der Waals surface area contributed by atoms with Crippen LogP contribution in [0.3, 0.4) is 0 Å². The van der Waals surface area contributed by atoms with Crippen LogP contribution in [0.2, 0.25) is 0 Å². The Balaban J connectivity index is 0.000000339. The maximum absolute atomic E-state index is 13.0. The van der Waals surface area contributed by atoms with E-state index in [4.69, 9.17) is 14.6 Å². The fourth-order valence-electron chi connectivity index (χ4n) is 4.10. The summed E-state index contributed by atoms with van der Waals surface area (Å²) < 4.78 is 50.8. The molecule has 3 heterocycles. The van der Waals surface area contributed by atoms with Crippen LogP contribution in [0.1, 0.15) is 30.0 Å². The zero-order chi connectivity index (χ0) is 22.6. The minimum absolute atomic E-state index is 0.169. The lowest BCUT2D eigenvalue weighted by Crippen LogP contribution is -2.32. The first-order valence-electron chi connectivity index (χ1n) is 9.60. The summed E-state index contributed by atoms with van der Waals surface area (Å²) in [6, 6.07) is 0. The van der Waals surface area contributed by atoms with Gasteiger partial charge in [-0.1, -0.05) is 6.42 Å². The standard InChI is InChI=1S/C17H21FN4OS.C2HF3O2/c1-12-21-15(9-24-12)8-23-11-17-4-2-3-13(17)7-22(10-17)16-19-5-14(18)6-20-16;3-2(4,5)1(6)7/h5-6,9,13H,2-4,7-8,10-11H2,1H3;(H,6,7)/t13-,17+;/m1./s1. The van der Waals surface area contributed by atoms with Gasteiger partial charge in [0.2, 0.25) is 5.95 Å². The Bertz CT molecular complexity index is 893. The van der Waals surface area contributed by atoms with Gasteiger partial charge in [0.1, 0.15) is 0 Å². The molecule has 0 spiro atoms. The second-order valence-corrected chi connectivity index (χ2v) is 8.75. The monoisotopic (exact) mass is 462 g/mol. The number of halogens is 4. The molecular formula is C19H22F4N4O3S. The molecule has 0 bridgehead atoms. The zero-order valence-corrected chi connectivity index (χ0v) is 17.5. The van der Waals surface area contributed by atoms with Gasteiger partial charge in [0.25, 0.3) is 0 Å². The highest BCUT2D eigenvalue weighted by molar-refractivity contribution is 7.09. The van der Waals surface area contributed by atoms with Crippen LogP contribution in [-0.4, -0.2) is 51.9 Å². The Labute approximate surface area is 180 Å². The fourth-order valence-corrected chi connectivity index (χ4v) is 4.70. The van der Waals surface area contributed by atoms with Crippen molar-refractivity contribution >= 4 is 23.3 Å². The Morgan fingerprint density at radius 3 is 2.65 bits per heavy atom. The first kappa shape index (κ1) is 23.3. The van der Waals surface area contributed by atoms with E-state index in [2.05, 4.69) is 25.2 Å². The minimum Gasteiger partial charge on any atom is -0.475 e. The lowest BCUT2D eigenvalue weighted by molar-refractivity contribution is -0.192. The summed E-state index contributed by atoms with van der Waals surface area (Å²) in [5, 5.41) is 10.3. The quantitative estimate of drug-likeness (QED) is 0.676. The first-order chi connectivity index (χ1) is 14.6. The van der Waals surface area contributed by atoms with Crippen LogP contribution in [0.15, 0.2) is 17.8 Å². The molecule has 1 saturated heterocycles. The Kier molecular flexibility index (Phi) is 7.10. The highest BCUT2D eigenvalue weighted by atomic mass is 32.1. The molecule has 2 atom stereocenters. The maximum atomic E-state index is 13.0. The molecule has 12 heteroatoms. The number of thiazole rings is 1. The van der Waals surface area contributed by atoms with Gasteiger partial charge in [0, 0.05) is 23.9 Å². The highest BCUT2D eigenvalue weighted by Gasteiger charge is 2.50. The van der Waals surface area contributed by atoms with Crippen molar-refractivity contribution < 1.29 is 32.2 Å². The Morgan fingerprint density at radius 2 is 2.06 bits per heavy atom. The Morgan fingerprint density at radius 1 is 1.39 bits per heavy atom. The number of hydrogen-bond acceptors (Lipinski definition) is 7. The van der Waals surface area contributed by atoms with Crippen molar-refractivity contribution in [1.82, 2.24) is 15.0 Å². The number of carboxylic acid groups (broad SMARTS) is 1. The smallest absolute Gasteiger partial charge is 0.475 e. The van der Waals surface area contributed by atoms with Crippen LogP contribution in [0.4, 0.5) is 23.5 Å². The van der Waals surface area contributed by atoms with Crippen molar-refractivity contribution in [3.05, 3.63) is 34.3 Å². The highest BCUT2D eigenvalue weighted by Crippen LogP contribution is 2.49. The number of ether oxygens (including phenoxy) is 1. The maximum Gasteiger partial charge on any atom is 0.490 e. The lowest BCUT2D eigenvalue weighted by Gasteiger charge is -2.28. The molecule has 0 amide bonds. The number of anilines is 1. The number of aromatic nitrogens is 3. The van der Waals surface area contributed by atoms with Gasteiger partial charge in [0.15, 0.2) is 5.82 Å². The number of aliphatic carboxylic acids is 1. The van der Waals surface area contributed by atoms with E-state index in [0.717, 1.165) is 30.4 Å². The molecular weight excluding hydrogens is 440 g/mol. The topological polar surface area (TPSA) is 88.4 Å². The van der Waals surface area contributed by atoms with Gasteiger partial charge < -0.3 is 14.7 Å². The molecule has 0 aromatic carbocycles. The number of nitrogens with zero attached hydrogens (tertiary/aromatic N) is 4. The number of carbonyl (C=O) groups is 1. The van der Waals surface area contributed by atoms with Crippen molar-refractivity contribution in [3.8, 4) is 0 Å². The van der Waals surface area contributed by atoms with Crippen molar-refractivity contribution in [2.45, 2.75) is 39.0 Å². The lowest BCUT2D eigenvalue weighted by atomic mass is 9.82. The number of aryl methyl sites for hydroxylation is 1. The van der Waals surface area contributed by atoms with E-state index in [-0.39, 0.29) is 5.41 Å². The average molecular weight is 462 g/mol. The van der Waals surface area contributed by atoms with Gasteiger partial charge in [-0.2, -0.15) is 13.2 Å². The molecule has 2 fully saturated rings. The number of carboxylic acids is 1. The molecule has 0 radical (unpaired) electrons. The third-order valence-electron chi connectivity index (χ3n) is 5.48. The van der Waals surface area contributed by atoms with Gasteiger partial charge >= 0.3 is 12.1 Å². The zero-order valence-electron chi connectivity index (χ0n) is 16.7. The van der Waals surface area contributed by atoms with Crippen molar-refractivity contribution in [2.24, 2.45) is 11.3 Å². The molecule has 1 saturated carbocycles. The first-order valence-corrected chi connectivity index (χ1v) is 10.5. The van der Waals surface area contributed by atoms with Gasteiger partial charge in [0.05, 0.1) is 36.3 Å². The third kappa shape index (κ3) is 5.88. The van der Waals surface area contributed by atoms with Crippen LogP contribution in [0, 0.1) is 24.1 Å². The second-order valence-electron chi connectivity index (χ2n) is 7.69. The summed E-state index contributed by atoms with van der Waals surface area (Å²) in [5.74, 6) is -1.93. The molecule has 2 aromatic heterocycles. The van der Waals surface area contributed by atoms with Crippen molar-refractivity contribution in [3.63, 3.8) is 0 Å².